The van der Waals surface area contributed by atoms with Gasteiger partial charge in [0.1, 0.15) is 6.04 Å². The molecule has 1 saturated carbocycles. The molecule has 2 atom stereocenters. The van der Waals surface area contributed by atoms with Crippen LogP contribution in [0, 0.1) is 5.92 Å². The molecule has 5 heteroatoms. The predicted molar refractivity (Wildman–Crippen MR) is 67.2 cm³/mol. The Balaban J connectivity index is 1.78. The second-order valence-electron chi connectivity index (χ2n) is 5.61. The number of hydrogen-bond donors (Lipinski definition) is 2. The van der Waals surface area contributed by atoms with Gasteiger partial charge in [0.25, 0.3) is 0 Å². The van der Waals surface area contributed by atoms with E-state index in [0.717, 1.165) is 25.8 Å². The first-order valence-corrected chi connectivity index (χ1v) is 6.82. The summed E-state index contributed by atoms with van der Waals surface area (Å²) in [5, 5.41) is 12.1. The Kier molecular flexibility index (Phi) is 4.22. The normalized spacial score (nSPS) is 28.9. The summed E-state index contributed by atoms with van der Waals surface area (Å²) < 4.78 is 0. The van der Waals surface area contributed by atoms with Gasteiger partial charge in [-0.05, 0) is 38.1 Å². The molecule has 0 aromatic carbocycles. The number of nitrogens with zero attached hydrogens (tertiary/aromatic N) is 1. The molecule has 2 rings (SSSR count). The molecule has 0 spiro atoms. The first-order valence-electron chi connectivity index (χ1n) is 6.82. The zero-order valence-corrected chi connectivity index (χ0v) is 10.9. The first kappa shape index (κ1) is 13.3. The largest absolute Gasteiger partial charge is 0.480 e. The van der Waals surface area contributed by atoms with Crippen LogP contribution in [0.4, 0.5) is 0 Å². The van der Waals surface area contributed by atoms with Crippen molar-refractivity contribution in [2.45, 2.75) is 51.1 Å². The van der Waals surface area contributed by atoms with E-state index in [9.17, 15) is 14.7 Å². The van der Waals surface area contributed by atoms with Crippen LogP contribution < -0.4 is 5.32 Å². The summed E-state index contributed by atoms with van der Waals surface area (Å²) >= 11 is 0. The van der Waals surface area contributed by atoms with Crippen LogP contribution in [0.5, 0.6) is 0 Å². The zero-order chi connectivity index (χ0) is 13.1. The monoisotopic (exact) mass is 254 g/mol. The second-order valence-corrected chi connectivity index (χ2v) is 5.61. The van der Waals surface area contributed by atoms with Crippen molar-refractivity contribution in [3.05, 3.63) is 0 Å². The number of carbonyl (C=O) groups excluding carboxylic acids is 1. The minimum absolute atomic E-state index is 0.0558. The lowest BCUT2D eigenvalue weighted by Crippen LogP contribution is -2.47. The Morgan fingerprint density at radius 2 is 2.06 bits per heavy atom. The van der Waals surface area contributed by atoms with E-state index in [2.05, 4.69) is 12.2 Å². The Morgan fingerprint density at radius 3 is 2.67 bits per heavy atom. The molecule has 1 aliphatic heterocycles. The third-order valence-corrected chi connectivity index (χ3v) is 3.83. The highest BCUT2D eigenvalue weighted by Crippen LogP contribution is 2.23. The molecule has 18 heavy (non-hydrogen) atoms. The fraction of sp³-hybridized carbons (Fsp3) is 0.846. The highest BCUT2D eigenvalue weighted by Gasteiger charge is 2.32. The van der Waals surface area contributed by atoms with Crippen molar-refractivity contribution >= 4 is 11.9 Å². The number of rotatable bonds is 5. The van der Waals surface area contributed by atoms with Gasteiger partial charge in [-0.1, -0.05) is 6.92 Å². The average molecular weight is 254 g/mol. The predicted octanol–water partition coefficient (Wildman–Crippen LogP) is 0.840. The highest BCUT2D eigenvalue weighted by atomic mass is 16.4. The summed E-state index contributed by atoms with van der Waals surface area (Å²) in [5.74, 6) is -0.243. The topological polar surface area (TPSA) is 69.6 Å². The molecule has 2 N–H and O–H groups in total. The summed E-state index contributed by atoms with van der Waals surface area (Å²) in [6.07, 6.45) is 4.30. The van der Waals surface area contributed by atoms with Gasteiger partial charge in [0, 0.05) is 19.0 Å². The Morgan fingerprint density at radius 1 is 1.33 bits per heavy atom. The molecule has 1 heterocycles. The molecule has 2 aliphatic rings. The molecule has 1 amide bonds. The standard InChI is InChI=1S/C13H22N2O3/c1-9-4-6-15(11(8-9)13(17)18)7-5-12(16)14-10-2-3-10/h9-11H,2-8H2,1H3,(H,14,16)(H,17,18). The number of piperidine rings is 1. The summed E-state index contributed by atoms with van der Waals surface area (Å²) in [6.45, 7) is 3.43. The number of carboxylic acids is 1. The fourth-order valence-corrected chi connectivity index (χ4v) is 2.49. The quantitative estimate of drug-likeness (QED) is 0.763. The van der Waals surface area contributed by atoms with E-state index in [-0.39, 0.29) is 5.91 Å². The molecule has 2 fully saturated rings. The summed E-state index contributed by atoms with van der Waals surface area (Å²) in [4.78, 5) is 24.7. The van der Waals surface area contributed by atoms with E-state index in [0.29, 0.717) is 31.3 Å². The van der Waals surface area contributed by atoms with Crippen LogP contribution in [0.25, 0.3) is 0 Å². The molecule has 0 radical (unpaired) electrons. The van der Waals surface area contributed by atoms with Crippen LogP contribution in [-0.2, 0) is 9.59 Å². The molecular formula is C13H22N2O3. The molecule has 5 nitrogen and oxygen atoms in total. The third-order valence-electron chi connectivity index (χ3n) is 3.83. The molecular weight excluding hydrogens is 232 g/mol. The number of nitrogens with one attached hydrogen (secondary N) is 1. The van der Waals surface area contributed by atoms with E-state index in [4.69, 9.17) is 0 Å². The maximum Gasteiger partial charge on any atom is 0.320 e. The van der Waals surface area contributed by atoms with Gasteiger partial charge in [-0.25, -0.2) is 0 Å². The van der Waals surface area contributed by atoms with Gasteiger partial charge in [-0.2, -0.15) is 0 Å². The highest BCUT2D eigenvalue weighted by molar-refractivity contribution is 5.77. The lowest BCUT2D eigenvalue weighted by Gasteiger charge is -2.35. The molecule has 102 valence electrons. The van der Waals surface area contributed by atoms with Gasteiger partial charge in [0.05, 0.1) is 0 Å². The van der Waals surface area contributed by atoms with Crippen LogP contribution >= 0.6 is 0 Å². The molecule has 1 aliphatic carbocycles. The zero-order valence-electron chi connectivity index (χ0n) is 10.9. The molecule has 2 unspecified atom stereocenters. The molecule has 0 bridgehead atoms. The summed E-state index contributed by atoms with van der Waals surface area (Å²) in [7, 11) is 0. The third kappa shape index (κ3) is 3.70. The van der Waals surface area contributed by atoms with Crippen LogP contribution in [0.2, 0.25) is 0 Å². The number of amides is 1. The van der Waals surface area contributed by atoms with Crippen molar-refractivity contribution in [1.29, 1.82) is 0 Å². The van der Waals surface area contributed by atoms with Crippen molar-refractivity contribution in [2.75, 3.05) is 13.1 Å². The molecule has 1 saturated heterocycles. The Bertz CT molecular complexity index is 328. The van der Waals surface area contributed by atoms with Gasteiger partial charge in [-0.15, -0.1) is 0 Å². The van der Waals surface area contributed by atoms with E-state index in [1.165, 1.54) is 0 Å². The molecule has 0 aromatic heterocycles. The van der Waals surface area contributed by atoms with Gasteiger partial charge < -0.3 is 10.4 Å². The number of carboxylic acid groups (broad SMARTS) is 1. The second kappa shape index (κ2) is 5.69. The van der Waals surface area contributed by atoms with Gasteiger partial charge in [-0.3, -0.25) is 14.5 Å². The van der Waals surface area contributed by atoms with Crippen LogP contribution in [0.3, 0.4) is 0 Å². The summed E-state index contributed by atoms with van der Waals surface area (Å²) in [5.41, 5.74) is 0. The molecule has 0 aromatic rings. The first-order chi connectivity index (χ1) is 8.56. The minimum atomic E-state index is -0.760. The van der Waals surface area contributed by atoms with Gasteiger partial charge in [0.15, 0.2) is 0 Å². The number of likely N-dealkylation sites (tertiary alicyclic amines) is 1. The van der Waals surface area contributed by atoms with Crippen LogP contribution in [0.1, 0.15) is 39.0 Å². The Hall–Kier alpha value is -1.10. The Labute approximate surface area is 108 Å². The maximum absolute atomic E-state index is 11.6. The van der Waals surface area contributed by atoms with Gasteiger partial charge >= 0.3 is 5.97 Å². The minimum Gasteiger partial charge on any atom is -0.480 e. The number of hydrogen-bond acceptors (Lipinski definition) is 3. The summed E-state index contributed by atoms with van der Waals surface area (Å²) in [6, 6.07) is -0.0309. The van der Waals surface area contributed by atoms with Crippen molar-refractivity contribution < 1.29 is 14.7 Å². The van der Waals surface area contributed by atoms with Crippen molar-refractivity contribution in [3.63, 3.8) is 0 Å². The van der Waals surface area contributed by atoms with Crippen molar-refractivity contribution in [3.8, 4) is 0 Å². The smallest absolute Gasteiger partial charge is 0.320 e. The van der Waals surface area contributed by atoms with Gasteiger partial charge in [0.2, 0.25) is 5.91 Å². The number of carbonyl (C=O) groups is 2. The average Bonchev–Trinajstić information content (AvgIpc) is 3.11. The van der Waals surface area contributed by atoms with Crippen LogP contribution in [0.15, 0.2) is 0 Å². The fourth-order valence-electron chi connectivity index (χ4n) is 2.49. The van der Waals surface area contributed by atoms with E-state index >= 15 is 0 Å². The lowest BCUT2D eigenvalue weighted by molar-refractivity contribution is -0.145. The van der Waals surface area contributed by atoms with Crippen LogP contribution in [-0.4, -0.2) is 47.1 Å². The van der Waals surface area contributed by atoms with Crippen molar-refractivity contribution in [1.82, 2.24) is 10.2 Å². The van der Waals surface area contributed by atoms with E-state index in [1.54, 1.807) is 0 Å². The maximum atomic E-state index is 11.6. The van der Waals surface area contributed by atoms with Crippen molar-refractivity contribution in [2.24, 2.45) is 5.92 Å². The SMILES string of the molecule is CC1CCN(CCC(=O)NC2CC2)C(C(=O)O)C1. The van der Waals surface area contributed by atoms with E-state index in [1.807, 2.05) is 4.90 Å². The number of aliphatic carboxylic acids is 1. The lowest BCUT2D eigenvalue weighted by atomic mass is 9.92. The van der Waals surface area contributed by atoms with E-state index < -0.39 is 12.0 Å².